The molecule has 1 aliphatic heterocycles. The van der Waals surface area contributed by atoms with Crippen molar-refractivity contribution in [1.82, 2.24) is 15.2 Å². The third-order valence-electron chi connectivity index (χ3n) is 3.96. The van der Waals surface area contributed by atoms with Crippen LogP contribution in [0.1, 0.15) is 18.9 Å². The van der Waals surface area contributed by atoms with Crippen LogP contribution in [0, 0.1) is 0 Å². The van der Waals surface area contributed by atoms with Crippen molar-refractivity contribution in [2.75, 3.05) is 13.1 Å². The Balaban J connectivity index is 1.87. The van der Waals surface area contributed by atoms with E-state index in [4.69, 9.17) is 0 Å². The molecule has 0 saturated carbocycles. The van der Waals surface area contributed by atoms with E-state index in [1.54, 1.807) is 0 Å². The molecule has 1 N–H and O–H groups in total. The number of amides is 1. The van der Waals surface area contributed by atoms with Crippen LogP contribution in [-0.2, 0) is 11.3 Å². The van der Waals surface area contributed by atoms with Gasteiger partial charge >= 0.3 is 0 Å². The first-order chi connectivity index (χ1) is 9.74. The number of pyridine rings is 1. The van der Waals surface area contributed by atoms with Crippen LogP contribution in [0.25, 0.3) is 10.9 Å². The fraction of sp³-hybridized carbons (Fsp3) is 0.375. The van der Waals surface area contributed by atoms with E-state index in [-0.39, 0.29) is 5.91 Å². The lowest BCUT2D eigenvalue weighted by Gasteiger charge is -2.26. The second-order valence-corrected chi connectivity index (χ2v) is 5.36. The molecule has 1 aromatic carbocycles. The summed E-state index contributed by atoms with van der Waals surface area (Å²) in [6, 6.07) is 10.6. The van der Waals surface area contributed by atoms with Crippen molar-refractivity contribution in [3.05, 3.63) is 42.1 Å². The number of fused-ring (bicyclic) bond motifs is 1. The fourth-order valence-electron chi connectivity index (χ4n) is 2.69. The molecule has 0 unspecified atom stereocenters. The van der Waals surface area contributed by atoms with Crippen LogP contribution in [0.2, 0.25) is 0 Å². The average Bonchev–Trinajstić information content (AvgIpc) is 2.63. The maximum Gasteiger partial charge on any atom is 0.221 e. The van der Waals surface area contributed by atoms with Crippen molar-refractivity contribution >= 4 is 16.8 Å². The van der Waals surface area contributed by atoms with E-state index in [0.717, 1.165) is 25.2 Å². The second kappa shape index (κ2) is 5.59. The highest BCUT2D eigenvalue weighted by Crippen LogP contribution is 2.19. The normalized spacial score (nSPS) is 20.6. The number of benzene rings is 1. The molecule has 0 radical (unpaired) electrons. The molecular weight excluding hydrogens is 250 g/mol. The predicted octanol–water partition coefficient (Wildman–Crippen LogP) is 1.95. The van der Waals surface area contributed by atoms with Crippen molar-refractivity contribution in [2.24, 2.45) is 0 Å². The predicted molar refractivity (Wildman–Crippen MR) is 79.2 cm³/mol. The molecule has 1 aromatic heterocycles. The van der Waals surface area contributed by atoms with Gasteiger partial charge in [0.1, 0.15) is 0 Å². The number of nitrogens with zero attached hydrogens (tertiary/aromatic N) is 2. The third-order valence-corrected chi connectivity index (χ3v) is 3.96. The number of carbonyl (C=O) groups excluding carboxylic acids is 1. The molecule has 1 saturated heterocycles. The van der Waals surface area contributed by atoms with Gasteiger partial charge in [0.15, 0.2) is 0 Å². The SMILES string of the molecule is C[C@H]1CNC(=O)CCN1Cc1ccnc2ccccc12. The molecule has 4 heteroatoms. The summed E-state index contributed by atoms with van der Waals surface area (Å²) in [5, 5.41) is 4.15. The van der Waals surface area contributed by atoms with Crippen LogP contribution in [-0.4, -0.2) is 34.9 Å². The van der Waals surface area contributed by atoms with Gasteiger partial charge in [-0.05, 0) is 24.6 Å². The minimum absolute atomic E-state index is 0.152. The van der Waals surface area contributed by atoms with Gasteiger partial charge in [0.05, 0.1) is 5.52 Å². The van der Waals surface area contributed by atoms with Crippen molar-refractivity contribution < 1.29 is 4.79 Å². The first kappa shape index (κ1) is 13.1. The monoisotopic (exact) mass is 269 g/mol. The van der Waals surface area contributed by atoms with Crippen LogP contribution >= 0.6 is 0 Å². The molecule has 2 aromatic rings. The Morgan fingerprint density at radius 2 is 2.20 bits per heavy atom. The molecule has 0 spiro atoms. The van der Waals surface area contributed by atoms with Gasteiger partial charge in [0.2, 0.25) is 5.91 Å². The molecule has 1 fully saturated rings. The Bertz CT molecular complexity index is 621. The molecular formula is C16H19N3O. The topological polar surface area (TPSA) is 45.2 Å². The van der Waals surface area contributed by atoms with Crippen molar-refractivity contribution in [2.45, 2.75) is 25.9 Å². The van der Waals surface area contributed by atoms with Crippen LogP contribution < -0.4 is 5.32 Å². The Kier molecular flexibility index (Phi) is 3.65. The van der Waals surface area contributed by atoms with E-state index in [1.807, 2.05) is 24.4 Å². The lowest BCUT2D eigenvalue weighted by atomic mass is 10.1. The third kappa shape index (κ3) is 2.65. The van der Waals surface area contributed by atoms with E-state index in [0.29, 0.717) is 12.5 Å². The molecule has 0 bridgehead atoms. The summed E-state index contributed by atoms with van der Waals surface area (Å²) in [4.78, 5) is 18.3. The smallest absolute Gasteiger partial charge is 0.221 e. The van der Waals surface area contributed by atoms with Crippen molar-refractivity contribution in [1.29, 1.82) is 0 Å². The van der Waals surface area contributed by atoms with Gasteiger partial charge in [0.25, 0.3) is 0 Å². The zero-order valence-corrected chi connectivity index (χ0v) is 11.7. The standard InChI is InChI=1S/C16H19N3O/c1-12-10-18-16(20)7-9-19(12)11-13-6-8-17-15-5-3-2-4-14(13)15/h2-6,8,12H,7,9-11H2,1H3,(H,18,20)/t12-/m0/s1. The van der Waals surface area contributed by atoms with E-state index in [2.05, 4.69) is 34.3 Å². The summed E-state index contributed by atoms with van der Waals surface area (Å²) in [5.41, 5.74) is 2.30. The minimum atomic E-state index is 0.152. The van der Waals surface area contributed by atoms with Gasteiger partial charge in [-0.3, -0.25) is 14.7 Å². The number of hydrogen-bond acceptors (Lipinski definition) is 3. The Morgan fingerprint density at radius 3 is 3.10 bits per heavy atom. The lowest BCUT2D eigenvalue weighted by molar-refractivity contribution is -0.120. The zero-order valence-electron chi connectivity index (χ0n) is 11.7. The van der Waals surface area contributed by atoms with E-state index >= 15 is 0 Å². The number of nitrogens with one attached hydrogen (secondary N) is 1. The number of hydrogen-bond donors (Lipinski definition) is 1. The highest BCUT2D eigenvalue weighted by Gasteiger charge is 2.20. The Hall–Kier alpha value is -1.94. The average molecular weight is 269 g/mol. The highest BCUT2D eigenvalue weighted by atomic mass is 16.1. The Labute approximate surface area is 118 Å². The summed E-state index contributed by atoms with van der Waals surface area (Å²) < 4.78 is 0. The molecule has 1 amide bonds. The Morgan fingerprint density at radius 1 is 1.35 bits per heavy atom. The van der Waals surface area contributed by atoms with E-state index in [1.165, 1.54) is 10.9 Å². The second-order valence-electron chi connectivity index (χ2n) is 5.36. The lowest BCUT2D eigenvalue weighted by Crippen LogP contribution is -2.37. The van der Waals surface area contributed by atoms with Gasteiger partial charge in [-0.15, -0.1) is 0 Å². The number of para-hydroxylation sites is 1. The number of aromatic nitrogens is 1. The summed E-state index contributed by atoms with van der Waals surface area (Å²) in [5.74, 6) is 0.152. The highest BCUT2D eigenvalue weighted by molar-refractivity contribution is 5.81. The van der Waals surface area contributed by atoms with Gasteiger partial charge in [-0.1, -0.05) is 18.2 Å². The summed E-state index contributed by atoms with van der Waals surface area (Å²) in [7, 11) is 0. The number of carbonyl (C=O) groups is 1. The molecule has 2 heterocycles. The van der Waals surface area contributed by atoms with Gasteiger partial charge < -0.3 is 5.32 Å². The van der Waals surface area contributed by atoms with E-state index < -0.39 is 0 Å². The molecule has 20 heavy (non-hydrogen) atoms. The first-order valence-corrected chi connectivity index (χ1v) is 7.07. The van der Waals surface area contributed by atoms with Crippen molar-refractivity contribution in [3.63, 3.8) is 0 Å². The van der Waals surface area contributed by atoms with Gasteiger partial charge in [0, 0.05) is 43.7 Å². The fourth-order valence-corrected chi connectivity index (χ4v) is 2.69. The molecule has 0 aliphatic carbocycles. The van der Waals surface area contributed by atoms with Crippen molar-refractivity contribution in [3.8, 4) is 0 Å². The van der Waals surface area contributed by atoms with Crippen LogP contribution in [0.3, 0.4) is 0 Å². The minimum Gasteiger partial charge on any atom is -0.355 e. The largest absolute Gasteiger partial charge is 0.355 e. The molecule has 4 nitrogen and oxygen atoms in total. The maximum atomic E-state index is 11.5. The summed E-state index contributed by atoms with van der Waals surface area (Å²) in [6.45, 7) is 4.56. The first-order valence-electron chi connectivity index (χ1n) is 7.07. The van der Waals surface area contributed by atoms with Crippen LogP contribution in [0.15, 0.2) is 36.5 Å². The quantitative estimate of drug-likeness (QED) is 0.906. The summed E-state index contributed by atoms with van der Waals surface area (Å²) >= 11 is 0. The maximum absolute atomic E-state index is 11.5. The molecule has 1 atom stereocenters. The van der Waals surface area contributed by atoms with Crippen LogP contribution in [0.4, 0.5) is 0 Å². The molecule has 104 valence electrons. The zero-order chi connectivity index (χ0) is 13.9. The summed E-state index contributed by atoms with van der Waals surface area (Å²) in [6.07, 6.45) is 2.44. The number of rotatable bonds is 2. The van der Waals surface area contributed by atoms with Crippen LogP contribution in [0.5, 0.6) is 0 Å². The molecule has 1 aliphatic rings. The van der Waals surface area contributed by atoms with Gasteiger partial charge in [-0.25, -0.2) is 0 Å². The molecule has 3 rings (SSSR count). The van der Waals surface area contributed by atoms with E-state index in [9.17, 15) is 4.79 Å². The van der Waals surface area contributed by atoms with Gasteiger partial charge in [-0.2, -0.15) is 0 Å².